The molecule has 0 saturated heterocycles. The summed E-state index contributed by atoms with van der Waals surface area (Å²) in [6.07, 6.45) is 0. The van der Waals surface area contributed by atoms with Crippen molar-refractivity contribution < 1.29 is 9.53 Å². The summed E-state index contributed by atoms with van der Waals surface area (Å²) in [5, 5.41) is 0. The van der Waals surface area contributed by atoms with Crippen LogP contribution in [0, 0.1) is 0 Å². The van der Waals surface area contributed by atoms with E-state index in [1.54, 1.807) is 29.2 Å². The summed E-state index contributed by atoms with van der Waals surface area (Å²) in [6, 6.07) is 6.75. The van der Waals surface area contributed by atoms with Gasteiger partial charge in [-0.05, 0) is 18.2 Å². The molecule has 22 heavy (non-hydrogen) atoms. The van der Waals surface area contributed by atoms with Crippen LogP contribution < -0.4 is 15.4 Å². The Kier molecular flexibility index (Phi) is 4.55. The topological polar surface area (TPSA) is 94.2 Å². The van der Waals surface area contributed by atoms with E-state index in [4.69, 9.17) is 10.5 Å². The van der Waals surface area contributed by atoms with E-state index in [2.05, 4.69) is 15.0 Å². The van der Waals surface area contributed by atoms with Crippen molar-refractivity contribution in [3.63, 3.8) is 0 Å². The molecule has 1 aromatic heterocycles. The summed E-state index contributed by atoms with van der Waals surface area (Å²) in [5.74, 6) is 1.22. The van der Waals surface area contributed by atoms with E-state index < -0.39 is 5.91 Å². The molecular formula is C15H19N5O2. The maximum atomic E-state index is 11.2. The Hall–Kier alpha value is -2.70. The van der Waals surface area contributed by atoms with E-state index in [1.165, 1.54) is 0 Å². The van der Waals surface area contributed by atoms with Gasteiger partial charge in [0.2, 0.25) is 11.9 Å². The number of carbonyl (C=O) groups is 1. The smallest absolute Gasteiger partial charge is 0.327 e. The van der Waals surface area contributed by atoms with Gasteiger partial charge < -0.3 is 15.4 Å². The van der Waals surface area contributed by atoms with E-state index in [-0.39, 0.29) is 11.9 Å². The highest BCUT2D eigenvalue weighted by atomic mass is 16.5. The molecule has 1 amide bonds. The molecular weight excluding hydrogens is 282 g/mol. The number of nitrogens with zero attached hydrogens (tertiary/aromatic N) is 4. The predicted molar refractivity (Wildman–Crippen MR) is 83.3 cm³/mol. The van der Waals surface area contributed by atoms with Crippen LogP contribution in [-0.4, -0.2) is 35.0 Å². The van der Waals surface area contributed by atoms with Crippen LogP contribution in [0.1, 0.15) is 35.9 Å². The molecule has 7 nitrogen and oxygen atoms in total. The third-order valence-corrected chi connectivity index (χ3v) is 2.86. The Morgan fingerprint density at radius 2 is 1.95 bits per heavy atom. The van der Waals surface area contributed by atoms with E-state index in [0.717, 1.165) is 0 Å². The molecule has 1 heterocycles. The van der Waals surface area contributed by atoms with Crippen molar-refractivity contribution in [3.05, 3.63) is 35.7 Å². The fourth-order valence-electron chi connectivity index (χ4n) is 1.68. The van der Waals surface area contributed by atoms with Gasteiger partial charge in [-0.1, -0.05) is 19.9 Å². The molecule has 0 aliphatic rings. The van der Waals surface area contributed by atoms with Gasteiger partial charge in [0.05, 0.1) is 0 Å². The first-order valence-electron chi connectivity index (χ1n) is 6.88. The van der Waals surface area contributed by atoms with Gasteiger partial charge in [-0.3, -0.25) is 4.79 Å². The molecule has 2 rings (SSSR count). The molecule has 1 aromatic carbocycles. The van der Waals surface area contributed by atoms with E-state index >= 15 is 0 Å². The Bertz CT molecular complexity index is 659. The molecule has 7 heteroatoms. The predicted octanol–water partition coefficient (Wildman–Crippen LogP) is 1.95. The molecule has 0 atom stereocenters. The monoisotopic (exact) mass is 301 g/mol. The Labute approximate surface area is 129 Å². The average molecular weight is 301 g/mol. The van der Waals surface area contributed by atoms with E-state index in [0.29, 0.717) is 23.1 Å². The van der Waals surface area contributed by atoms with Crippen LogP contribution in [-0.2, 0) is 0 Å². The van der Waals surface area contributed by atoms with Gasteiger partial charge in [0.25, 0.3) is 0 Å². The maximum Gasteiger partial charge on any atom is 0.327 e. The van der Waals surface area contributed by atoms with Crippen molar-refractivity contribution in [1.29, 1.82) is 0 Å². The second kappa shape index (κ2) is 6.38. The zero-order chi connectivity index (χ0) is 16.3. The molecule has 0 aliphatic heterocycles. The molecule has 2 N–H and O–H groups in total. The normalized spacial score (nSPS) is 10.6. The number of rotatable bonds is 5. The summed E-state index contributed by atoms with van der Waals surface area (Å²) in [6.45, 7) is 3.98. The number of hydrogen-bond acceptors (Lipinski definition) is 6. The SMILES string of the molecule is CC(C)c1nc(Oc2cccc(C(N)=O)c2)nc(N(C)C)n1. The molecule has 0 saturated carbocycles. The molecule has 116 valence electrons. The maximum absolute atomic E-state index is 11.2. The lowest BCUT2D eigenvalue weighted by Gasteiger charge is -2.14. The van der Waals surface area contributed by atoms with Gasteiger partial charge in [0, 0.05) is 25.6 Å². The lowest BCUT2D eigenvalue weighted by molar-refractivity contribution is 0.1000. The van der Waals surface area contributed by atoms with Crippen molar-refractivity contribution >= 4 is 11.9 Å². The number of nitrogens with two attached hydrogens (primary N) is 1. The fraction of sp³-hybridized carbons (Fsp3) is 0.333. The second-order valence-corrected chi connectivity index (χ2v) is 5.32. The van der Waals surface area contributed by atoms with Crippen molar-refractivity contribution in [2.45, 2.75) is 19.8 Å². The first-order chi connectivity index (χ1) is 10.4. The van der Waals surface area contributed by atoms with Gasteiger partial charge in [-0.15, -0.1) is 0 Å². The quantitative estimate of drug-likeness (QED) is 0.907. The van der Waals surface area contributed by atoms with Crippen molar-refractivity contribution in [2.75, 3.05) is 19.0 Å². The first-order valence-corrected chi connectivity index (χ1v) is 6.88. The highest BCUT2D eigenvalue weighted by Crippen LogP contribution is 2.22. The van der Waals surface area contributed by atoms with Gasteiger partial charge in [-0.25, -0.2) is 0 Å². The average Bonchev–Trinajstić information content (AvgIpc) is 2.47. The number of ether oxygens (including phenoxy) is 1. The fourth-order valence-corrected chi connectivity index (χ4v) is 1.68. The third-order valence-electron chi connectivity index (χ3n) is 2.86. The lowest BCUT2D eigenvalue weighted by Crippen LogP contribution is -2.16. The largest absolute Gasteiger partial charge is 0.424 e. The van der Waals surface area contributed by atoms with Crippen LogP contribution in [0.15, 0.2) is 24.3 Å². The minimum Gasteiger partial charge on any atom is -0.424 e. The second-order valence-electron chi connectivity index (χ2n) is 5.32. The summed E-state index contributed by atoms with van der Waals surface area (Å²) >= 11 is 0. The highest BCUT2D eigenvalue weighted by Gasteiger charge is 2.13. The van der Waals surface area contributed by atoms with Crippen LogP contribution in [0.25, 0.3) is 0 Å². The van der Waals surface area contributed by atoms with Crippen LogP contribution in [0.5, 0.6) is 11.8 Å². The van der Waals surface area contributed by atoms with Crippen LogP contribution in [0.4, 0.5) is 5.95 Å². The zero-order valence-corrected chi connectivity index (χ0v) is 13.1. The summed E-state index contributed by atoms with van der Waals surface area (Å²) in [4.78, 5) is 25.9. The molecule has 2 aromatic rings. The number of primary amides is 1. The minimum absolute atomic E-state index is 0.140. The molecule has 0 unspecified atom stereocenters. The first kappa shape index (κ1) is 15.7. The number of hydrogen-bond donors (Lipinski definition) is 1. The molecule has 0 bridgehead atoms. The van der Waals surface area contributed by atoms with Crippen molar-refractivity contribution in [2.24, 2.45) is 5.73 Å². The lowest BCUT2D eigenvalue weighted by atomic mass is 10.2. The van der Waals surface area contributed by atoms with Gasteiger partial charge in [0.15, 0.2) is 0 Å². The third kappa shape index (κ3) is 3.69. The summed E-state index contributed by atoms with van der Waals surface area (Å²) in [5.41, 5.74) is 5.63. The number of amides is 1. The molecule has 0 fully saturated rings. The number of anilines is 1. The van der Waals surface area contributed by atoms with Crippen molar-refractivity contribution in [3.8, 4) is 11.8 Å². The van der Waals surface area contributed by atoms with E-state index in [1.807, 2.05) is 27.9 Å². The number of benzene rings is 1. The summed E-state index contributed by atoms with van der Waals surface area (Å²) in [7, 11) is 3.69. The van der Waals surface area contributed by atoms with Crippen LogP contribution in [0.2, 0.25) is 0 Å². The van der Waals surface area contributed by atoms with Gasteiger partial charge in [-0.2, -0.15) is 15.0 Å². The van der Waals surface area contributed by atoms with Gasteiger partial charge in [0.1, 0.15) is 11.6 Å². The van der Waals surface area contributed by atoms with Crippen molar-refractivity contribution in [1.82, 2.24) is 15.0 Å². The number of carbonyl (C=O) groups excluding carboxylic acids is 1. The Balaban J connectivity index is 2.36. The molecule has 0 radical (unpaired) electrons. The molecule has 0 spiro atoms. The van der Waals surface area contributed by atoms with Gasteiger partial charge >= 0.3 is 6.01 Å². The summed E-state index contributed by atoms with van der Waals surface area (Å²) < 4.78 is 5.65. The Morgan fingerprint density at radius 3 is 2.55 bits per heavy atom. The van der Waals surface area contributed by atoms with Crippen LogP contribution in [0.3, 0.4) is 0 Å². The number of aromatic nitrogens is 3. The Morgan fingerprint density at radius 1 is 1.23 bits per heavy atom. The van der Waals surface area contributed by atoms with E-state index in [9.17, 15) is 4.79 Å². The molecule has 0 aliphatic carbocycles. The zero-order valence-electron chi connectivity index (χ0n) is 13.1. The standard InChI is InChI=1S/C15H19N5O2/c1-9(2)13-17-14(20(3)4)19-15(18-13)22-11-7-5-6-10(8-11)12(16)21/h5-9H,1-4H3,(H2,16,21). The minimum atomic E-state index is -0.516. The highest BCUT2D eigenvalue weighted by molar-refractivity contribution is 5.93. The van der Waals surface area contributed by atoms with Crippen LogP contribution >= 0.6 is 0 Å².